The van der Waals surface area contributed by atoms with Crippen molar-refractivity contribution in [3.63, 3.8) is 0 Å². The third-order valence-corrected chi connectivity index (χ3v) is 4.47. The van der Waals surface area contributed by atoms with E-state index in [-0.39, 0.29) is 5.91 Å². The Hall–Kier alpha value is -3.41. The Morgan fingerprint density at radius 1 is 1.04 bits per heavy atom. The molecule has 136 valence electrons. The SMILES string of the molecule is CC(=O)Nc1ccc(Nc2nc(C)cc(N3CCc4ccccc43)n2)cc1. The summed E-state index contributed by atoms with van der Waals surface area (Å²) in [5.74, 6) is 1.36. The minimum atomic E-state index is -0.0896. The van der Waals surface area contributed by atoms with Crippen molar-refractivity contribution in [1.29, 1.82) is 0 Å². The summed E-state index contributed by atoms with van der Waals surface area (Å²) in [6.07, 6.45) is 1.02. The number of anilines is 5. The van der Waals surface area contributed by atoms with E-state index in [0.29, 0.717) is 5.95 Å². The second kappa shape index (κ2) is 7.07. The topological polar surface area (TPSA) is 70.2 Å². The average molecular weight is 359 g/mol. The first-order valence-corrected chi connectivity index (χ1v) is 8.94. The largest absolute Gasteiger partial charge is 0.326 e. The summed E-state index contributed by atoms with van der Waals surface area (Å²) in [5.41, 5.74) is 5.08. The van der Waals surface area contributed by atoms with Crippen LogP contribution in [-0.2, 0) is 11.2 Å². The van der Waals surface area contributed by atoms with E-state index < -0.39 is 0 Å². The number of benzene rings is 2. The molecule has 2 heterocycles. The number of hydrogen-bond acceptors (Lipinski definition) is 5. The van der Waals surface area contributed by atoms with Crippen molar-refractivity contribution in [3.8, 4) is 0 Å². The standard InChI is InChI=1S/C21H21N5O/c1-14-13-20(26-12-11-16-5-3-4-6-19(16)26)25-21(22-14)24-18-9-7-17(8-10-18)23-15(2)27/h3-10,13H,11-12H2,1-2H3,(H,23,27)(H,22,24,25). The number of nitrogens with one attached hydrogen (secondary N) is 2. The molecule has 0 fully saturated rings. The van der Waals surface area contributed by atoms with Crippen molar-refractivity contribution in [2.45, 2.75) is 20.3 Å². The van der Waals surface area contributed by atoms with Gasteiger partial charge in [0.25, 0.3) is 0 Å². The Morgan fingerprint density at radius 3 is 2.56 bits per heavy atom. The van der Waals surface area contributed by atoms with Gasteiger partial charge in [-0.25, -0.2) is 4.98 Å². The lowest BCUT2D eigenvalue weighted by atomic mass is 10.2. The van der Waals surface area contributed by atoms with E-state index in [0.717, 1.165) is 35.9 Å². The highest BCUT2D eigenvalue weighted by molar-refractivity contribution is 5.88. The maximum absolute atomic E-state index is 11.1. The van der Waals surface area contributed by atoms with Crippen molar-refractivity contribution in [2.24, 2.45) is 0 Å². The Kier molecular flexibility index (Phi) is 4.46. The second-order valence-corrected chi connectivity index (χ2v) is 6.61. The van der Waals surface area contributed by atoms with Gasteiger partial charge in [0.05, 0.1) is 0 Å². The van der Waals surface area contributed by atoms with Crippen LogP contribution in [0, 0.1) is 6.92 Å². The van der Waals surface area contributed by atoms with Gasteiger partial charge >= 0.3 is 0 Å². The summed E-state index contributed by atoms with van der Waals surface area (Å²) in [6.45, 7) is 4.38. The lowest BCUT2D eigenvalue weighted by Gasteiger charge is -2.19. The third-order valence-electron chi connectivity index (χ3n) is 4.47. The predicted molar refractivity (Wildman–Crippen MR) is 108 cm³/mol. The molecular formula is C21H21N5O. The fraction of sp³-hybridized carbons (Fsp3) is 0.190. The molecule has 1 aromatic heterocycles. The molecule has 1 amide bonds. The van der Waals surface area contributed by atoms with Gasteiger partial charge in [0.15, 0.2) is 0 Å². The number of aryl methyl sites for hydroxylation is 1. The molecule has 0 unspecified atom stereocenters. The quantitative estimate of drug-likeness (QED) is 0.731. The molecule has 6 nitrogen and oxygen atoms in total. The highest BCUT2D eigenvalue weighted by Gasteiger charge is 2.21. The van der Waals surface area contributed by atoms with Crippen LogP contribution in [0.4, 0.5) is 28.8 Å². The van der Waals surface area contributed by atoms with Crippen molar-refractivity contribution in [2.75, 3.05) is 22.1 Å². The first-order valence-electron chi connectivity index (χ1n) is 8.94. The minimum absolute atomic E-state index is 0.0896. The third kappa shape index (κ3) is 3.74. The molecule has 2 N–H and O–H groups in total. The lowest BCUT2D eigenvalue weighted by Crippen LogP contribution is -2.16. The molecule has 27 heavy (non-hydrogen) atoms. The molecule has 4 rings (SSSR count). The number of amides is 1. The summed E-state index contributed by atoms with van der Waals surface area (Å²) >= 11 is 0. The fourth-order valence-corrected chi connectivity index (χ4v) is 3.29. The van der Waals surface area contributed by atoms with Crippen LogP contribution in [0.2, 0.25) is 0 Å². The van der Waals surface area contributed by atoms with E-state index in [4.69, 9.17) is 4.98 Å². The summed E-state index contributed by atoms with van der Waals surface area (Å²) in [4.78, 5) is 22.6. The minimum Gasteiger partial charge on any atom is -0.326 e. The highest BCUT2D eigenvalue weighted by atomic mass is 16.1. The predicted octanol–water partition coefficient (Wildman–Crippen LogP) is 4.18. The van der Waals surface area contributed by atoms with Crippen LogP contribution in [0.1, 0.15) is 18.2 Å². The second-order valence-electron chi connectivity index (χ2n) is 6.61. The number of para-hydroxylation sites is 1. The molecule has 1 aliphatic heterocycles. The van der Waals surface area contributed by atoms with Gasteiger partial charge in [-0.15, -0.1) is 0 Å². The van der Waals surface area contributed by atoms with Crippen LogP contribution in [-0.4, -0.2) is 22.4 Å². The van der Waals surface area contributed by atoms with Crippen LogP contribution in [0.3, 0.4) is 0 Å². The smallest absolute Gasteiger partial charge is 0.229 e. The average Bonchev–Trinajstić information content (AvgIpc) is 3.07. The maximum atomic E-state index is 11.1. The molecule has 0 bridgehead atoms. The van der Waals surface area contributed by atoms with E-state index in [1.807, 2.05) is 37.3 Å². The van der Waals surface area contributed by atoms with Crippen LogP contribution >= 0.6 is 0 Å². The Morgan fingerprint density at radius 2 is 1.78 bits per heavy atom. The Bertz CT molecular complexity index is 984. The molecule has 0 spiro atoms. The molecular weight excluding hydrogens is 338 g/mol. The molecule has 0 atom stereocenters. The van der Waals surface area contributed by atoms with Gasteiger partial charge in [-0.1, -0.05) is 18.2 Å². The van der Waals surface area contributed by atoms with Gasteiger partial charge in [0.2, 0.25) is 11.9 Å². The van der Waals surface area contributed by atoms with Crippen molar-refractivity contribution in [3.05, 3.63) is 65.9 Å². The number of rotatable bonds is 4. The number of carbonyl (C=O) groups excluding carboxylic acids is 1. The molecule has 2 aromatic carbocycles. The molecule has 0 radical (unpaired) electrons. The van der Waals surface area contributed by atoms with Crippen LogP contribution < -0.4 is 15.5 Å². The van der Waals surface area contributed by atoms with E-state index in [1.54, 1.807) is 0 Å². The highest BCUT2D eigenvalue weighted by Crippen LogP contribution is 2.34. The summed E-state index contributed by atoms with van der Waals surface area (Å²) in [6, 6.07) is 17.9. The normalized spacial score (nSPS) is 12.6. The zero-order valence-corrected chi connectivity index (χ0v) is 15.4. The van der Waals surface area contributed by atoms with E-state index in [1.165, 1.54) is 18.2 Å². The lowest BCUT2D eigenvalue weighted by molar-refractivity contribution is -0.114. The summed E-state index contributed by atoms with van der Waals surface area (Å²) < 4.78 is 0. The zero-order valence-electron chi connectivity index (χ0n) is 15.4. The number of fused-ring (bicyclic) bond motifs is 1. The molecule has 1 aliphatic rings. The van der Waals surface area contributed by atoms with Crippen LogP contribution in [0.25, 0.3) is 0 Å². The van der Waals surface area contributed by atoms with Gasteiger partial charge in [-0.05, 0) is 49.2 Å². The first-order chi connectivity index (χ1) is 13.1. The molecule has 0 saturated carbocycles. The summed E-state index contributed by atoms with van der Waals surface area (Å²) in [5, 5.41) is 6.01. The summed E-state index contributed by atoms with van der Waals surface area (Å²) in [7, 11) is 0. The van der Waals surface area contributed by atoms with Gasteiger partial charge in [-0.3, -0.25) is 4.79 Å². The van der Waals surface area contributed by atoms with Gasteiger partial charge in [-0.2, -0.15) is 4.98 Å². The Labute approximate surface area is 158 Å². The fourth-order valence-electron chi connectivity index (χ4n) is 3.29. The molecule has 0 aliphatic carbocycles. The van der Waals surface area contributed by atoms with E-state index in [9.17, 15) is 4.79 Å². The van der Waals surface area contributed by atoms with E-state index >= 15 is 0 Å². The first kappa shape index (κ1) is 17.0. The number of hydrogen-bond donors (Lipinski definition) is 2. The molecule has 0 saturated heterocycles. The Balaban J connectivity index is 1.57. The van der Waals surface area contributed by atoms with Crippen molar-refractivity contribution in [1.82, 2.24) is 9.97 Å². The van der Waals surface area contributed by atoms with Gasteiger partial charge < -0.3 is 15.5 Å². The van der Waals surface area contributed by atoms with Crippen LogP contribution in [0.5, 0.6) is 0 Å². The van der Waals surface area contributed by atoms with Crippen molar-refractivity contribution < 1.29 is 4.79 Å². The monoisotopic (exact) mass is 359 g/mol. The maximum Gasteiger partial charge on any atom is 0.229 e. The number of aromatic nitrogens is 2. The van der Waals surface area contributed by atoms with E-state index in [2.05, 4.69) is 44.8 Å². The molecule has 3 aromatic rings. The zero-order chi connectivity index (χ0) is 18.8. The van der Waals surface area contributed by atoms with Crippen molar-refractivity contribution >= 4 is 34.7 Å². The number of carbonyl (C=O) groups is 1. The number of nitrogens with zero attached hydrogens (tertiary/aromatic N) is 3. The molecule has 6 heteroatoms. The van der Waals surface area contributed by atoms with Crippen LogP contribution in [0.15, 0.2) is 54.6 Å². The van der Waals surface area contributed by atoms with Gasteiger partial charge in [0, 0.05) is 42.3 Å². The van der Waals surface area contributed by atoms with Gasteiger partial charge in [0.1, 0.15) is 5.82 Å².